The Balaban J connectivity index is 0.000000488. The lowest BCUT2D eigenvalue weighted by Crippen LogP contribution is -2.29. The van der Waals surface area contributed by atoms with Crippen molar-refractivity contribution >= 4 is 40.1 Å². The number of carbonyl (C=O) groups excluding carboxylic acids is 1. The molecule has 0 aliphatic rings. The number of nitrogens with one attached hydrogen (secondary N) is 3. The van der Waals surface area contributed by atoms with Crippen molar-refractivity contribution in [3.05, 3.63) is 120 Å². The van der Waals surface area contributed by atoms with Crippen LogP contribution in [0.4, 0.5) is 42.2 Å². The van der Waals surface area contributed by atoms with Crippen molar-refractivity contribution in [2.45, 2.75) is 51.8 Å². The molecule has 60 heavy (non-hydrogen) atoms. The zero-order valence-corrected chi connectivity index (χ0v) is 31.6. The molecule has 14 nitrogen and oxygen atoms in total. The number of nitrogens with zero attached hydrogens (tertiary/aromatic N) is 4. The predicted molar refractivity (Wildman–Crippen MR) is 204 cm³/mol. The van der Waals surface area contributed by atoms with E-state index in [9.17, 15) is 31.1 Å². The number of amides is 1. The first kappa shape index (κ1) is 45.5. The molecule has 3 aromatic heterocycles. The second kappa shape index (κ2) is 20.0. The fourth-order valence-corrected chi connectivity index (χ4v) is 5.41. The third kappa shape index (κ3) is 12.4. The summed E-state index contributed by atoms with van der Waals surface area (Å²) in [6.07, 6.45) is -2.80. The number of carboxylic acid groups (broad SMARTS) is 2. The summed E-state index contributed by atoms with van der Waals surface area (Å²) in [4.78, 5) is 47.3. The Morgan fingerprint density at radius 1 is 0.950 bits per heavy atom. The van der Waals surface area contributed by atoms with Crippen molar-refractivity contribution in [1.82, 2.24) is 29.8 Å². The largest absolute Gasteiger partial charge is 0.491 e. The Morgan fingerprint density at radius 3 is 2.20 bits per heavy atom. The molecule has 3 aromatic carbocycles. The molecule has 0 aliphatic heterocycles. The Hall–Kier alpha value is -7.19. The number of hydrogen-bond acceptors (Lipinski definition) is 9. The highest BCUT2D eigenvalue weighted by atomic mass is 19.4. The number of nitrogens with two attached hydrogens (primary N) is 1. The highest BCUT2D eigenvalue weighted by Crippen LogP contribution is 2.36. The number of pyridine rings is 1. The van der Waals surface area contributed by atoms with E-state index in [2.05, 4.69) is 25.6 Å². The highest BCUT2D eigenvalue weighted by Gasteiger charge is 2.39. The maximum atomic E-state index is 16.4. The summed E-state index contributed by atoms with van der Waals surface area (Å²) in [7, 11) is 0. The van der Waals surface area contributed by atoms with Gasteiger partial charge in [0.1, 0.15) is 24.2 Å². The van der Waals surface area contributed by atoms with Gasteiger partial charge in [0, 0.05) is 40.8 Å². The Morgan fingerprint density at radius 2 is 1.62 bits per heavy atom. The van der Waals surface area contributed by atoms with Crippen LogP contribution in [0.5, 0.6) is 5.75 Å². The van der Waals surface area contributed by atoms with E-state index >= 15 is 4.39 Å². The Kier molecular flexibility index (Phi) is 15.2. The van der Waals surface area contributed by atoms with Crippen LogP contribution in [0.15, 0.2) is 91.6 Å². The van der Waals surface area contributed by atoms with Gasteiger partial charge < -0.3 is 40.9 Å². The van der Waals surface area contributed by atoms with E-state index in [4.69, 9.17) is 35.3 Å². The zero-order valence-electron chi connectivity index (χ0n) is 31.6. The number of fused-ring (bicyclic) bond motifs is 1. The van der Waals surface area contributed by atoms with E-state index in [0.29, 0.717) is 41.6 Å². The third-order valence-electron chi connectivity index (χ3n) is 8.22. The van der Waals surface area contributed by atoms with Crippen molar-refractivity contribution in [1.29, 1.82) is 0 Å². The van der Waals surface area contributed by atoms with E-state index < -0.39 is 36.2 Å². The van der Waals surface area contributed by atoms with E-state index in [1.807, 2.05) is 80.7 Å². The van der Waals surface area contributed by atoms with Crippen LogP contribution >= 0.6 is 0 Å². The highest BCUT2D eigenvalue weighted by molar-refractivity contribution is 5.93. The SMILES string of the molecule is CCOc1cc(CC)cc(C(Nc2ccc3c(N)nccc3c2)c2nc(-c3ccccc3)cn2CC(=O)NCc2cnc[nH]2)c1F.O=C(O)C(F)(F)F.O=C(O)C(F)(F)F. The van der Waals surface area contributed by atoms with Gasteiger partial charge in [-0.15, -0.1) is 0 Å². The molecule has 1 amide bonds. The number of carbonyl (C=O) groups is 3. The minimum absolute atomic E-state index is 0.0468. The average Bonchev–Trinajstić information content (AvgIpc) is 3.88. The molecule has 318 valence electrons. The monoisotopic (exact) mass is 846 g/mol. The molecule has 0 saturated heterocycles. The Bertz CT molecular complexity index is 2360. The Labute approximate surface area is 336 Å². The predicted octanol–water partition coefficient (Wildman–Crippen LogP) is 7.29. The minimum Gasteiger partial charge on any atom is -0.491 e. The molecule has 0 saturated carbocycles. The normalized spacial score (nSPS) is 11.7. The number of aromatic nitrogens is 5. The molecule has 0 spiro atoms. The van der Waals surface area contributed by atoms with Gasteiger partial charge in [0.2, 0.25) is 5.91 Å². The number of H-pyrrole nitrogens is 1. The molecule has 0 radical (unpaired) electrons. The lowest BCUT2D eigenvalue weighted by Gasteiger charge is -2.24. The maximum Gasteiger partial charge on any atom is 0.490 e. The van der Waals surface area contributed by atoms with E-state index in [1.165, 1.54) is 0 Å². The van der Waals surface area contributed by atoms with Crippen LogP contribution in [0, 0.1) is 5.82 Å². The van der Waals surface area contributed by atoms with Gasteiger partial charge in [-0.05, 0) is 54.6 Å². The van der Waals surface area contributed by atoms with Gasteiger partial charge >= 0.3 is 24.3 Å². The van der Waals surface area contributed by atoms with Crippen LogP contribution in [0.25, 0.3) is 22.0 Å². The van der Waals surface area contributed by atoms with E-state index in [-0.39, 0.29) is 24.7 Å². The van der Waals surface area contributed by atoms with Gasteiger partial charge in [0.25, 0.3) is 0 Å². The number of aliphatic carboxylic acids is 2. The molecule has 0 fully saturated rings. The number of carboxylic acids is 2. The number of benzene rings is 3. The molecule has 6 rings (SSSR count). The fourth-order valence-electron chi connectivity index (χ4n) is 5.41. The minimum atomic E-state index is -5.08. The van der Waals surface area contributed by atoms with Crippen LogP contribution in [0.1, 0.15) is 42.5 Å². The van der Waals surface area contributed by atoms with Crippen LogP contribution in [-0.4, -0.2) is 71.5 Å². The van der Waals surface area contributed by atoms with Crippen LogP contribution in [0.3, 0.4) is 0 Å². The molecule has 0 bridgehead atoms. The molecule has 7 N–H and O–H groups in total. The van der Waals surface area contributed by atoms with Gasteiger partial charge in [-0.2, -0.15) is 26.3 Å². The number of nitrogen functional groups attached to an aromatic ring is 1. The lowest BCUT2D eigenvalue weighted by molar-refractivity contribution is -0.193. The number of halogens is 7. The number of alkyl halides is 6. The first-order chi connectivity index (χ1) is 28.3. The molecule has 1 unspecified atom stereocenters. The molecule has 6 aromatic rings. The average molecular weight is 847 g/mol. The van der Waals surface area contributed by atoms with Crippen molar-refractivity contribution in [2.24, 2.45) is 0 Å². The summed E-state index contributed by atoms with van der Waals surface area (Å²) < 4.78 is 87.4. The summed E-state index contributed by atoms with van der Waals surface area (Å²) >= 11 is 0. The lowest BCUT2D eigenvalue weighted by atomic mass is 9.99. The van der Waals surface area contributed by atoms with Crippen molar-refractivity contribution in [3.63, 3.8) is 0 Å². The van der Waals surface area contributed by atoms with E-state index in [0.717, 1.165) is 27.6 Å². The molecule has 0 aliphatic carbocycles. The number of aryl methyl sites for hydroxylation is 1. The topological polar surface area (TPSA) is 210 Å². The molecule has 21 heteroatoms. The van der Waals surface area contributed by atoms with E-state index in [1.54, 1.807) is 29.4 Å². The summed E-state index contributed by atoms with van der Waals surface area (Å²) in [6, 6.07) is 20.0. The van der Waals surface area contributed by atoms with Gasteiger partial charge in [-0.1, -0.05) is 43.3 Å². The first-order valence-electron chi connectivity index (χ1n) is 17.6. The molecular weight excluding hydrogens is 809 g/mol. The standard InChI is InChI=1S/C35H35FN8O2.2C2HF3O2/c1-3-22-14-28(32(36)30(15-22)46-4-2)33(42-25-10-11-27-24(16-25)12-13-39-34(27)37)35-43-29(23-8-6-5-7-9-23)19-44(35)20-31(45)40-18-26-17-38-21-41-26;2*3-2(4,5)1(6)7/h5-17,19,21,33,42H,3-4,18,20H2,1-2H3,(H2,37,39)(H,38,41)(H,40,45);2*(H,6,7). The van der Waals surface area contributed by atoms with Gasteiger partial charge in [-0.25, -0.2) is 28.9 Å². The summed E-state index contributed by atoms with van der Waals surface area (Å²) in [5, 5.41) is 22.4. The van der Waals surface area contributed by atoms with Gasteiger partial charge in [0.05, 0.1) is 30.9 Å². The summed E-state index contributed by atoms with van der Waals surface area (Å²) in [6.45, 7) is 4.38. The number of anilines is 2. The van der Waals surface area contributed by atoms with Crippen LogP contribution < -0.4 is 21.1 Å². The van der Waals surface area contributed by atoms with Gasteiger partial charge in [0.15, 0.2) is 11.6 Å². The fraction of sp³-hybridized carbons (Fsp3) is 0.231. The number of rotatable bonds is 12. The van der Waals surface area contributed by atoms with Gasteiger partial charge in [-0.3, -0.25) is 4.79 Å². The van der Waals surface area contributed by atoms with Crippen LogP contribution in [-0.2, 0) is 33.9 Å². The number of hydrogen-bond donors (Lipinski definition) is 6. The number of imidazole rings is 2. The number of aromatic amines is 1. The summed E-state index contributed by atoms with van der Waals surface area (Å²) in [5.74, 6) is -5.20. The maximum absolute atomic E-state index is 16.4. The smallest absolute Gasteiger partial charge is 0.490 e. The quantitative estimate of drug-likeness (QED) is 0.0674. The molecule has 1 atom stereocenters. The second-order valence-electron chi connectivity index (χ2n) is 12.4. The van der Waals surface area contributed by atoms with Crippen molar-refractivity contribution in [3.8, 4) is 17.0 Å². The van der Waals surface area contributed by atoms with Crippen molar-refractivity contribution < 1.29 is 60.1 Å². The van der Waals surface area contributed by atoms with Crippen molar-refractivity contribution in [2.75, 3.05) is 17.7 Å². The zero-order chi connectivity index (χ0) is 44.2. The number of ether oxygens (including phenoxy) is 1. The second-order valence-corrected chi connectivity index (χ2v) is 12.4. The first-order valence-corrected chi connectivity index (χ1v) is 17.6. The molecule has 3 heterocycles. The summed E-state index contributed by atoms with van der Waals surface area (Å²) in [5.41, 5.74) is 10.4. The van der Waals surface area contributed by atoms with Crippen LogP contribution in [0.2, 0.25) is 0 Å². The third-order valence-corrected chi connectivity index (χ3v) is 8.22. The molecular formula is C39H37F7N8O6.